The Bertz CT molecular complexity index is 570. The Morgan fingerprint density at radius 2 is 0.698 bits per heavy atom. The minimum Gasteiger partial charge on any atom is -0.356 e. The van der Waals surface area contributed by atoms with E-state index in [1.54, 1.807) is 0 Å². The monoisotopic (exact) mass is 603 g/mol. The van der Waals surface area contributed by atoms with Crippen LogP contribution < -0.4 is 0 Å². The minimum atomic E-state index is 0.605. The van der Waals surface area contributed by atoms with Crippen LogP contribution in [0.5, 0.6) is 0 Å². The van der Waals surface area contributed by atoms with Crippen molar-refractivity contribution >= 4 is 0 Å². The molecule has 1 atom stereocenters. The summed E-state index contributed by atoms with van der Waals surface area (Å²) in [4.78, 5) is 5.30. The summed E-state index contributed by atoms with van der Waals surface area (Å²) in [6, 6.07) is 0.605. The molecule has 0 saturated heterocycles. The predicted octanol–water partition coefficient (Wildman–Crippen LogP) is 14.3. The standard InChI is InChI=1S/C41H82N2/c1-5-7-9-11-13-15-17-19-21-23-25-27-29-31-33-35-37-42-38-39-43(40(3)4)41(42)36-34-32-30-28-26-24-22-20-18-16-14-12-10-8-6-2/h38-41H,5-37H2,1-4H3. The van der Waals surface area contributed by atoms with Gasteiger partial charge in [-0.15, -0.1) is 0 Å². The second-order valence-corrected chi connectivity index (χ2v) is 14.6. The lowest BCUT2D eigenvalue weighted by molar-refractivity contribution is 0.114. The fraction of sp³-hybridized carbons (Fsp3) is 0.951. The van der Waals surface area contributed by atoms with E-state index in [0.29, 0.717) is 12.2 Å². The molecule has 1 rings (SSSR count). The molecule has 0 bridgehead atoms. The Morgan fingerprint density at radius 1 is 0.395 bits per heavy atom. The van der Waals surface area contributed by atoms with Crippen LogP contribution in [0.2, 0.25) is 0 Å². The molecule has 0 N–H and O–H groups in total. The van der Waals surface area contributed by atoms with Crippen molar-refractivity contribution < 1.29 is 0 Å². The second-order valence-electron chi connectivity index (χ2n) is 14.6. The molecule has 0 fully saturated rings. The lowest BCUT2D eigenvalue weighted by atomic mass is 10.0. The van der Waals surface area contributed by atoms with Crippen molar-refractivity contribution in [2.24, 2.45) is 0 Å². The number of rotatable bonds is 34. The Hall–Kier alpha value is -0.660. The summed E-state index contributed by atoms with van der Waals surface area (Å²) >= 11 is 0. The largest absolute Gasteiger partial charge is 0.356 e. The summed E-state index contributed by atoms with van der Waals surface area (Å²) in [6.07, 6.45) is 51.7. The number of hydrogen-bond acceptors (Lipinski definition) is 2. The van der Waals surface area contributed by atoms with E-state index in [-0.39, 0.29) is 0 Å². The SMILES string of the molecule is CCCCCCCCCCCCCCCCCCN1C=CN(C(C)C)C1CCCCCCCCCCCCCCCCC. The predicted molar refractivity (Wildman–Crippen MR) is 196 cm³/mol. The van der Waals surface area contributed by atoms with Gasteiger partial charge in [-0.2, -0.15) is 0 Å². The number of nitrogens with zero attached hydrogens (tertiary/aromatic N) is 2. The molecule has 2 nitrogen and oxygen atoms in total. The number of unbranched alkanes of at least 4 members (excludes halogenated alkanes) is 29. The fourth-order valence-electron chi connectivity index (χ4n) is 7.13. The van der Waals surface area contributed by atoms with Crippen LogP contribution in [-0.4, -0.2) is 28.6 Å². The maximum absolute atomic E-state index is 2.67. The summed E-state index contributed by atoms with van der Waals surface area (Å²) in [5.74, 6) is 0. The molecule has 0 amide bonds. The highest BCUT2D eigenvalue weighted by molar-refractivity contribution is 4.98. The highest BCUT2D eigenvalue weighted by Crippen LogP contribution is 2.25. The van der Waals surface area contributed by atoms with Crippen molar-refractivity contribution in [3.8, 4) is 0 Å². The smallest absolute Gasteiger partial charge is 0.101 e. The van der Waals surface area contributed by atoms with Gasteiger partial charge in [0.05, 0.1) is 0 Å². The van der Waals surface area contributed by atoms with E-state index in [4.69, 9.17) is 0 Å². The van der Waals surface area contributed by atoms with Crippen molar-refractivity contribution in [1.82, 2.24) is 9.80 Å². The first-order chi connectivity index (χ1) is 21.2. The van der Waals surface area contributed by atoms with Gasteiger partial charge in [0.15, 0.2) is 0 Å². The molecule has 0 aromatic carbocycles. The molecular formula is C41H82N2. The molecule has 1 heterocycles. The molecule has 1 unspecified atom stereocenters. The average Bonchev–Trinajstić information content (AvgIpc) is 3.41. The zero-order valence-corrected chi connectivity index (χ0v) is 30.5. The molecule has 0 radical (unpaired) electrons. The van der Waals surface area contributed by atoms with Crippen LogP contribution in [0.15, 0.2) is 12.4 Å². The van der Waals surface area contributed by atoms with Gasteiger partial charge in [0.2, 0.25) is 0 Å². The van der Waals surface area contributed by atoms with Gasteiger partial charge in [-0.05, 0) is 33.1 Å². The van der Waals surface area contributed by atoms with Crippen molar-refractivity contribution in [3.63, 3.8) is 0 Å². The first kappa shape index (κ1) is 40.4. The summed E-state index contributed by atoms with van der Waals surface area (Å²) in [5.41, 5.74) is 0. The van der Waals surface area contributed by atoms with Crippen molar-refractivity contribution in [3.05, 3.63) is 12.4 Å². The zero-order chi connectivity index (χ0) is 31.1. The Labute approximate surface area is 273 Å². The van der Waals surface area contributed by atoms with Crippen LogP contribution in [0, 0.1) is 0 Å². The summed E-state index contributed by atoms with van der Waals surface area (Å²) < 4.78 is 0. The van der Waals surface area contributed by atoms with Crippen LogP contribution in [0.4, 0.5) is 0 Å². The van der Waals surface area contributed by atoms with Gasteiger partial charge in [-0.3, -0.25) is 0 Å². The zero-order valence-electron chi connectivity index (χ0n) is 30.5. The van der Waals surface area contributed by atoms with Crippen LogP contribution in [0.1, 0.15) is 233 Å². The Balaban J connectivity index is 1.97. The van der Waals surface area contributed by atoms with Gasteiger partial charge in [-0.25, -0.2) is 0 Å². The van der Waals surface area contributed by atoms with E-state index in [1.165, 1.54) is 212 Å². The van der Waals surface area contributed by atoms with E-state index < -0.39 is 0 Å². The molecule has 0 spiro atoms. The Morgan fingerprint density at radius 3 is 1.02 bits per heavy atom. The van der Waals surface area contributed by atoms with E-state index in [2.05, 4.69) is 49.9 Å². The van der Waals surface area contributed by atoms with Gasteiger partial charge in [-0.1, -0.05) is 200 Å². The molecule has 43 heavy (non-hydrogen) atoms. The van der Waals surface area contributed by atoms with Crippen LogP contribution in [-0.2, 0) is 0 Å². The summed E-state index contributed by atoms with van der Waals surface area (Å²) in [5, 5.41) is 0. The molecule has 0 aromatic rings. The summed E-state index contributed by atoms with van der Waals surface area (Å²) in [7, 11) is 0. The molecule has 0 saturated carbocycles. The molecule has 1 aliphatic heterocycles. The van der Waals surface area contributed by atoms with E-state index >= 15 is 0 Å². The van der Waals surface area contributed by atoms with Gasteiger partial charge in [0, 0.05) is 25.0 Å². The van der Waals surface area contributed by atoms with Crippen molar-refractivity contribution in [2.75, 3.05) is 6.54 Å². The van der Waals surface area contributed by atoms with E-state index in [9.17, 15) is 0 Å². The lowest BCUT2D eigenvalue weighted by Crippen LogP contribution is -2.42. The first-order valence-electron chi connectivity index (χ1n) is 20.4. The van der Waals surface area contributed by atoms with Gasteiger partial charge in [0.1, 0.15) is 6.17 Å². The molecule has 256 valence electrons. The van der Waals surface area contributed by atoms with Gasteiger partial charge >= 0.3 is 0 Å². The van der Waals surface area contributed by atoms with Gasteiger partial charge < -0.3 is 9.80 Å². The Kier molecular flexibility index (Phi) is 29.4. The fourth-order valence-corrected chi connectivity index (χ4v) is 7.13. The molecule has 0 aliphatic carbocycles. The average molecular weight is 603 g/mol. The van der Waals surface area contributed by atoms with Crippen molar-refractivity contribution in [1.29, 1.82) is 0 Å². The van der Waals surface area contributed by atoms with Crippen molar-refractivity contribution in [2.45, 2.75) is 245 Å². The third-order valence-electron chi connectivity index (χ3n) is 10.1. The van der Waals surface area contributed by atoms with Crippen LogP contribution in [0.3, 0.4) is 0 Å². The third-order valence-corrected chi connectivity index (χ3v) is 10.1. The summed E-state index contributed by atoms with van der Waals surface area (Å²) in [6.45, 7) is 10.6. The maximum Gasteiger partial charge on any atom is 0.101 e. The van der Waals surface area contributed by atoms with E-state index in [0.717, 1.165) is 0 Å². The third kappa shape index (κ3) is 24.3. The first-order valence-corrected chi connectivity index (χ1v) is 20.4. The molecular weight excluding hydrogens is 520 g/mol. The number of hydrogen-bond donors (Lipinski definition) is 0. The molecule has 1 aliphatic rings. The lowest BCUT2D eigenvalue weighted by Gasteiger charge is -2.35. The van der Waals surface area contributed by atoms with E-state index in [1.807, 2.05) is 0 Å². The normalized spacial score (nSPS) is 15.0. The highest BCUT2D eigenvalue weighted by atomic mass is 15.4. The molecule has 0 aromatic heterocycles. The quantitative estimate of drug-likeness (QED) is 0.0676. The highest BCUT2D eigenvalue weighted by Gasteiger charge is 2.26. The topological polar surface area (TPSA) is 6.48 Å². The second kappa shape index (κ2) is 31.3. The minimum absolute atomic E-state index is 0.605. The molecule has 2 heteroatoms. The maximum atomic E-state index is 2.67. The van der Waals surface area contributed by atoms with Crippen LogP contribution >= 0.6 is 0 Å². The van der Waals surface area contributed by atoms with Crippen LogP contribution in [0.25, 0.3) is 0 Å². The van der Waals surface area contributed by atoms with Gasteiger partial charge in [0.25, 0.3) is 0 Å².